The zero-order valence-corrected chi connectivity index (χ0v) is 9.29. The predicted molar refractivity (Wildman–Crippen MR) is 56.2 cm³/mol. The van der Waals surface area contributed by atoms with Crippen LogP contribution in [0, 0.1) is 11.8 Å². The number of hydrogen-bond donors (Lipinski definition) is 2. The van der Waals surface area contributed by atoms with Gasteiger partial charge in [0.2, 0.25) is 0 Å². The van der Waals surface area contributed by atoms with Crippen molar-refractivity contribution in [1.29, 1.82) is 0 Å². The lowest BCUT2D eigenvalue weighted by Gasteiger charge is -2.34. The Balaban J connectivity index is 2.45. The zero-order valence-electron chi connectivity index (χ0n) is 9.29. The first kappa shape index (κ1) is 11.5. The molecule has 2 N–H and O–H groups in total. The van der Waals surface area contributed by atoms with Gasteiger partial charge in [-0.1, -0.05) is 20.3 Å². The van der Waals surface area contributed by atoms with Crippen LogP contribution in [0.3, 0.4) is 0 Å². The molecule has 4 unspecified atom stereocenters. The highest BCUT2D eigenvalue weighted by molar-refractivity contribution is 5.72. The van der Waals surface area contributed by atoms with Crippen LogP contribution in [0.2, 0.25) is 0 Å². The first-order valence-corrected chi connectivity index (χ1v) is 5.49. The second-order valence-corrected chi connectivity index (χ2v) is 4.73. The van der Waals surface area contributed by atoms with Crippen molar-refractivity contribution in [2.24, 2.45) is 11.8 Å². The van der Waals surface area contributed by atoms with Crippen LogP contribution in [0.15, 0.2) is 0 Å². The van der Waals surface area contributed by atoms with Crippen molar-refractivity contribution in [3.63, 3.8) is 0 Å². The van der Waals surface area contributed by atoms with E-state index in [2.05, 4.69) is 19.2 Å². The summed E-state index contributed by atoms with van der Waals surface area (Å²) in [6, 6.07) is -0.0439. The molecule has 1 aliphatic carbocycles. The minimum absolute atomic E-state index is 0.379. The maximum absolute atomic E-state index is 10.7. The van der Waals surface area contributed by atoms with Crippen LogP contribution >= 0.6 is 0 Å². The Hall–Kier alpha value is -0.570. The highest BCUT2D eigenvalue weighted by Gasteiger charge is 2.27. The van der Waals surface area contributed by atoms with Crippen molar-refractivity contribution in [3.05, 3.63) is 0 Å². The van der Waals surface area contributed by atoms with Crippen LogP contribution in [0.1, 0.15) is 40.0 Å². The van der Waals surface area contributed by atoms with Gasteiger partial charge in [0.1, 0.15) is 6.04 Å². The Morgan fingerprint density at radius 2 is 2.07 bits per heavy atom. The molecule has 0 amide bonds. The van der Waals surface area contributed by atoms with Gasteiger partial charge in [-0.05, 0) is 31.6 Å². The topological polar surface area (TPSA) is 49.3 Å². The average molecular weight is 199 g/mol. The molecule has 1 fully saturated rings. The summed E-state index contributed by atoms with van der Waals surface area (Å²) in [5.74, 6) is 0.577. The summed E-state index contributed by atoms with van der Waals surface area (Å²) in [5.41, 5.74) is 0. The summed E-state index contributed by atoms with van der Waals surface area (Å²) in [6.07, 6.45) is 3.60. The van der Waals surface area contributed by atoms with Crippen molar-refractivity contribution in [3.8, 4) is 0 Å². The summed E-state index contributed by atoms with van der Waals surface area (Å²) in [5, 5.41) is 12.0. The molecule has 82 valence electrons. The van der Waals surface area contributed by atoms with Gasteiger partial charge < -0.3 is 10.4 Å². The molecule has 0 spiro atoms. The third-order valence-electron chi connectivity index (χ3n) is 3.29. The Morgan fingerprint density at radius 3 is 2.64 bits per heavy atom. The molecule has 0 radical (unpaired) electrons. The number of carboxylic acids is 1. The third-order valence-corrected chi connectivity index (χ3v) is 3.29. The van der Waals surface area contributed by atoms with Crippen LogP contribution in [0.25, 0.3) is 0 Å². The van der Waals surface area contributed by atoms with E-state index in [9.17, 15) is 4.79 Å². The van der Waals surface area contributed by atoms with Gasteiger partial charge in [-0.15, -0.1) is 0 Å². The van der Waals surface area contributed by atoms with Crippen LogP contribution < -0.4 is 5.32 Å². The van der Waals surface area contributed by atoms with E-state index in [0.717, 1.165) is 12.3 Å². The Morgan fingerprint density at radius 1 is 1.43 bits per heavy atom. The van der Waals surface area contributed by atoms with Crippen molar-refractivity contribution < 1.29 is 9.90 Å². The molecule has 1 saturated carbocycles. The molecule has 1 rings (SSSR count). The number of rotatable bonds is 3. The SMILES string of the molecule is CC1CCC(C)C(NC(C)C(=O)O)C1. The molecule has 0 aromatic heterocycles. The smallest absolute Gasteiger partial charge is 0.320 e. The minimum Gasteiger partial charge on any atom is -0.480 e. The van der Waals surface area contributed by atoms with Gasteiger partial charge in [0.25, 0.3) is 0 Å². The first-order valence-electron chi connectivity index (χ1n) is 5.49. The first-order chi connectivity index (χ1) is 6.50. The minimum atomic E-state index is -0.754. The highest BCUT2D eigenvalue weighted by Crippen LogP contribution is 2.28. The number of carboxylic acid groups (broad SMARTS) is 1. The molecule has 0 heterocycles. The second kappa shape index (κ2) is 4.78. The molecule has 0 bridgehead atoms. The van der Waals surface area contributed by atoms with Gasteiger partial charge in [0, 0.05) is 6.04 Å². The quantitative estimate of drug-likeness (QED) is 0.729. The molecule has 0 aromatic carbocycles. The number of nitrogens with one attached hydrogen (secondary N) is 1. The van der Waals surface area contributed by atoms with Gasteiger partial charge in [0.15, 0.2) is 0 Å². The summed E-state index contributed by atoms with van der Waals surface area (Å²) in [4.78, 5) is 10.7. The number of hydrogen-bond acceptors (Lipinski definition) is 2. The summed E-state index contributed by atoms with van der Waals surface area (Å²) >= 11 is 0. The molecule has 14 heavy (non-hydrogen) atoms. The zero-order chi connectivity index (χ0) is 10.7. The van der Waals surface area contributed by atoms with E-state index in [1.54, 1.807) is 6.92 Å². The van der Waals surface area contributed by atoms with E-state index in [4.69, 9.17) is 5.11 Å². The largest absolute Gasteiger partial charge is 0.480 e. The summed E-state index contributed by atoms with van der Waals surface area (Å²) < 4.78 is 0. The fourth-order valence-electron chi connectivity index (χ4n) is 2.16. The standard InChI is InChI=1S/C11H21NO2/c1-7-4-5-8(2)10(6-7)12-9(3)11(13)14/h7-10,12H,4-6H2,1-3H3,(H,13,14). The second-order valence-electron chi connectivity index (χ2n) is 4.73. The molecule has 0 aromatic rings. The Kier molecular flexibility index (Phi) is 3.93. The molecule has 1 aliphatic rings. The molecule has 0 aliphatic heterocycles. The van der Waals surface area contributed by atoms with Crippen LogP contribution in [-0.4, -0.2) is 23.2 Å². The van der Waals surface area contributed by atoms with Gasteiger partial charge >= 0.3 is 5.97 Å². The third kappa shape index (κ3) is 2.98. The monoisotopic (exact) mass is 199 g/mol. The molecule has 3 nitrogen and oxygen atoms in total. The number of aliphatic carboxylic acids is 1. The fraction of sp³-hybridized carbons (Fsp3) is 0.909. The van der Waals surface area contributed by atoms with Crippen LogP contribution in [-0.2, 0) is 4.79 Å². The van der Waals surface area contributed by atoms with Gasteiger partial charge in [0.05, 0.1) is 0 Å². The molecule has 0 saturated heterocycles. The van der Waals surface area contributed by atoms with Crippen LogP contribution in [0.4, 0.5) is 0 Å². The summed E-state index contributed by atoms with van der Waals surface area (Å²) in [6.45, 7) is 6.17. The normalized spacial score (nSPS) is 35.2. The fourth-order valence-corrected chi connectivity index (χ4v) is 2.16. The van der Waals surface area contributed by atoms with Crippen molar-refractivity contribution in [2.75, 3.05) is 0 Å². The number of carbonyl (C=O) groups is 1. The lowest BCUT2D eigenvalue weighted by Crippen LogP contribution is -2.46. The van der Waals surface area contributed by atoms with E-state index in [1.807, 2.05) is 0 Å². The predicted octanol–water partition coefficient (Wildman–Crippen LogP) is 1.87. The molecular formula is C11H21NO2. The Bertz CT molecular complexity index is 205. The van der Waals surface area contributed by atoms with Crippen molar-refractivity contribution in [2.45, 2.75) is 52.1 Å². The van der Waals surface area contributed by atoms with E-state index in [-0.39, 0.29) is 0 Å². The molecule has 3 heteroatoms. The maximum atomic E-state index is 10.7. The van der Waals surface area contributed by atoms with Gasteiger partial charge in [-0.2, -0.15) is 0 Å². The van der Waals surface area contributed by atoms with Gasteiger partial charge in [-0.25, -0.2) is 0 Å². The maximum Gasteiger partial charge on any atom is 0.320 e. The van der Waals surface area contributed by atoms with E-state index in [0.29, 0.717) is 12.0 Å². The lowest BCUT2D eigenvalue weighted by molar-refractivity contribution is -0.139. The average Bonchev–Trinajstić information content (AvgIpc) is 2.11. The van der Waals surface area contributed by atoms with E-state index < -0.39 is 12.0 Å². The highest BCUT2D eigenvalue weighted by atomic mass is 16.4. The van der Waals surface area contributed by atoms with Crippen molar-refractivity contribution in [1.82, 2.24) is 5.32 Å². The summed E-state index contributed by atoms with van der Waals surface area (Å²) in [7, 11) is 0. The van der Waals surface area contributed by atoms with E-state index in [1.165, 1.54) is 12.8 Å². The molecular weight excluding hydrogens is 178 g/mol. The van der Waals surface area contributed by atoms with Crippen LogP contribution in [0.5, 0.6) is 0 Å². The molecule has 4 atom stereocenters. The lowest BCUT2D eigenvalue weighted by atomic mass is 9.80. The van der Waals surface area contributed by atoms with Gasteiger partial charge in [-0.3, -0.25) is 4.79 Å². The van der Waals surface area contributed by atoms with Crippen molar-refractivity contribution >= 4 is 5.97 Å². The Labute approximate surface area is 85.9 Å². The van der Waals surface area contributed by atoms with E-state index >= 15 is 0 Å².